The van der Waals surface area contributed by atoms with Crippen LogP contribution in [-0.4, -0.2) is 11.8 Å². The molecule has 146 valence electrons. The number of nitrogens with one attached hydrogen (secondary N) is 1. The third-order valence-corrected chi connectivity index (χ3v) is 6.58. The summed E-state index contributed by atoms with van der Waals surface area (Å²) < 4.78 is 0. The molecular weight excluding hydrogens is 451 g/mol. The lowest BCUT2D eigenvalue weighted by Crippen LogP contribution is -2.32. The number of hydrogen-bond acceptors (Lipinski definition) is 4. The first kappa shape index (κ1) is 20.0. The van der Waals surface area contributed by atoms with Gasteiger partial charge in [-0.05, 0) is 54.3 Å². The van der Waals surface area contributed by atoms with Crippen molar-refractivity contribution in [1.82, 2.24) is 0 Å². The molecule has 2 aromatic carbocycles. The topological polar surface area (TPSA) is 49.4 Å². The minimum atomic E-state index is -0.476. The molecule has 8 heteroatoms. The Morgan fingerprint density at radius 1 is 0.897 bits per heavy atom. The summed E-state index contributed by atoms with van der Waals surface area (Å²) >= 11 is 19.7. The van der Waals surface area contributed by atoms with E-state index in [1.54, 1.807) is 36.4 Å². The molecule has 0 aliphatic carbocycles. The van der Waals surface area contributed by atoms with Gasteiger partial charge in [0.05, 0.1) is 21.3 Å². The summed E-state index contributed by atoms with van der Waals surface area (Å²) in [7, 11) is 0. The van der Waals surface area contributed by atoms with Crippen LogP contribution in [0.3, 0.4) is 0 Å². The molecule has 1 N–H and O–H groups in total. The fourth-order valence-corrected chi connectivity index (χ4v) is 4.27. The lowest BCUT2D eigenvalue weighted by atomic mass is 10.1. The normalized spacial score (nSPS) is 14.1. The van der Waals surface area contributed by atoms with Gasteiger partial charge in [0, 0.05) is 15.6 Å². The molecule has 1 aliphatic heterocycles. The minimum absolute atomic E-state index is 0.189. The molecule has 29 heavy (non-hydrogen) atoms. The van der Waals surface area contributed by atoms with Crippen molar-refractivity contribution >= 4 is 74.9 Å². The van der Waals surface area contributed by atoms with E-state index >= 15 is 0 Å². The minimum Gasteiger partial charge on any atom is -0.350 e. The van der Waals surface area contributed by atoms with Gasteiger partial charge in [-0.3, -0.25) is 9.59 Å². The zero-order valence-corrected chi connectivity index (χ0v) is 18.1. The van der Waals surface area contributed by atoms with Crippen LogP contribution in [0.25, 0.3) is 5.57 Å². The van der Waals surface area contributed by atoms with E-state index in [9.17, 15) is 9.59 Å². The van der Waals surface area contributed by atoms with Crippen LogP contribution in [0, 0.1) is 6.92 Å². The zero-order valence-electron chi connectivity index (χ0n) is 15.0. The quantitative estimate of drug-likeness (QED) is 0.455. The maximum atomic E-state index is 13.3. The van der Waals surface area contributed by atoms with E-state index in [0.29, 0.717) is 31.9 Å². The van der Waals surface area contributed by atoms with Gasteiger partial charge < -0.3 is 5.32 Å². The number of carbonyl (C=O) groups excluding carboxylic acids is 2. The SMILES string of the molecule is Cc1c(Cl)cccc1NC1=C(c2cccs2)C(=O)N(c2ccc(Cl)c(Cl)c2)C1=O. The second-order valence-corrected chi connectivity index (χ2v) is 8.48. The summed E-state index contributed by atoms with van der Waals surface area (Å²) in [5.41, 5.74) is 2.27. The molecule has 0 saturated heterocycles. The van der Waals surface area contributed by atoms with E-state index in [1.165, 1.54) is 17.4 Å². The van der Waals surface area contributed by atoms with Crippen molar-refractivity contribution in [2.24, 2.45) is 0 Å². The number of carbonyl (C=O) groups is 2. The molecule has 2 heterocycles. The van der Waals surface area contributed by atoms with Gasteiger partial charge in [-0.15, -0.1) is 11.3 Å². The second-order valence-electron chi connectivity index (χ2n) is 6.31. The highest BCUT2D eigenvalue weighted by Crippen LogP contribution is 2.38. The molecule has 3 aromatic rings. The standard InChI is InChI=1S/C21H13Cl3N2O2S/c1-11-13(22)4-2-5-16(11)25-19-18(17-6-3-9-29-17)20(27)26(21(19)28)12-7-8-14(23)15(24)10-12/h2-10,25H,1H3. The third kappa shape index (κ3) is 3.55. The number of rotatable bonds is 4. The summed E-state index contributed by atoms with van der Waals surface area (Å²) in [4.78, 5) is 28.4. The van der Waals surface area contributed by atoms with Gasteiger partial charge >= 0.3 is 0 Å². The van der Waals surface area contributed by atoms with Crippen LogP contribution in [0.1, 0.15) is 10.4 Å². The van der Waals surface area contributed by atoms with Gasteiger partial charge in [-0.25, -0.2) is 4.90 Å². The molecule has 0 spiro atoms. The van der Waals surface area contributed by atoms with Crippen molar-refractivity contribution in [3.8, 4) is 0 Å². The van der Waals surface area contributed by atoms with Gasteiger partial charge in [-0.1, -0.05) is 46.9 Å². The average molecular weight is 464 g/mol. The van der Waals surface area contributed by atoms with Gasteiger partial charge in [0.15, 0.2) is 0 Å². The lowest BCUT2D eigenvalue weighted by molar-refractivity contribution is -0.120. The first-order valence-corrected chi connectivity index (χ1v) is 10.5. The molecule has 4 nitrogen and oxygen atoms in total. The zero-order chi connectivity index (χ0) is 20.7. The summed E-state index contributed by atoms with van der Waals surface area (Å²) in [5, 5.41) is 6.14. The monoisotopic (exact) mass is 462 g/mol. The number of nitrogens with zero attached hydrogens (tertiary/aromatic N) is 1. The van der Waals surface area contributed by atoms with Crippen molar-refractivity contribution < 1.29 is 9.59 Å². The fourth-order valence-electron chi connectivity index (χ4n) is 3.03. The molecule has 0 atom stereocenters. The highest BCUT2D eigenvalue weighted by Gasteiger charge is 2.41. The number of imide groups is 1. The van der Waals surface area contributed by atoms with Crippen molar-refractivity contribution in [1.29, 1.82) is 0 Å². The molecule has 1 aliphatic rings. The molecule has 4 rings (SSSR count). The van der Waals surface area contributed by atoms with Crippen LogP contribution in [-0.2, 0) is 9.59 Å². The summed E-state index contributed by atoms with van der Waals surface area (Å²) in [6.07, 6.45) is 0. The maximum absolute atomic E-state index is 13.3. The predicted octanol–water partition coefficient (Wildman–Crippen LogP) is 6.41. The molecule has 0 bridgehead atoms. The molecule has 0 unspecified atom stereocenters. The van der Waals surface area contributed by atoms with Gasteiger partial charge in [0.2, 0.25) is 0 Å². The first-order valence-electron chi connectivity index (χ1n) is 8.52. The third-order valence-electron chi connectivity index (χ3n) is 4.54. The first-order chi connectivity index (χ1) is 13.9. The van der Waals surface area contributed by atoms with E-state index < -0.39 is 11.8 Å². The number of hydrogen-bond donors (Lipinski definition) is 1. The number of halogens is 3. The molecular formula is C21H13Cl3N2O2S. The predicted molar refractivity (Wildman–Crippen MR) is 120 cm³/mol. The number of thiophene rings is 1. The van der Waals surface area contributed by atoms with E-state index in [1.807, 2.05) is 18.4 Å². The Morgan fingerprint density at radius 2 is 1.69 bits per heavy atom. The molecule has 0 radical (unpaired) electrons. The molecule has 0 fully saturated rings. The van der Waals surface area contributed by atoms with Gasteiger partial charge in [-0.2, -0.15) is 0 Å². The summed E-state index contributed by atoms with van der Waals surface area (Å²) in [5.74, 6) is -0.908. The number of amides is 2. The Morgan fingerprint density at radius 3 is 2.38 bits per heavy atom. The van der Waals surface area contributed by atoms with Crippen LogP contribution < -0.4 is 10.2 Å². The molecule has 1 aromatic heterocycles. The highest BCUT2D eigenvalue weighted by atomic mass is 35.5. The number of benzene rings is 2. The fraction of sp³-hybridized carbons (Fsp3) is 0.0476. The molecule has 0 saturated carbocycles. The van der Waals surface area contributed by atoms with Crippen LogP contribution in [0.15, 0.2) is 59.6 Å². The smallest absolute Gasteiger partial charge is 0.282 e. The Balaban J connectivity index is 1.83. The Labute approximate surface area is 186 Å². The maximum Gasteiger partial charge on any atom is 0.282 e. The second kappa shape index (κ2) is 7.84. The van der Waals surface area contributed by atoms with Crippen LogP contribution in [0.4, 0.5) is 11.4 Å². The van der Waals surface area contributed by atoms with Crippen LogP contribution in [0.2, 0.25) is 15.1 Å². The van der Waals surface area contributed by atoms with Crippen LogP contribution in [0.5, 0.6) is 0 Å². The summed E-state index contributed by atoms with van der Waals surface area (Å²) in [6, 6.07) is 13.6. The van der Waals surface area contributed by atoms with E-state index in [-0.39, 0.29) is 10.7 Å². The van der Waals surface area contributed by atoms with Gasteiger partial charge in [0.1, 0.15) is 5.70 Å². The van der Waals surface area contributed by atoms with Gasteiger partial charge in [0.25, 0.3) is 11.8 Å². The van der Waals surface area contributed by atoms with E-state index in [2.05, 4.69) is 5.32 Å². The summed E-state index contributed by atoms with van der Waals surface area (Å²) in [6.45, 7) is 1.84. The average Bonchev–Trinajstić information content (AvgIpc) is 3.29. The van der Waals surface area contributed by atoms with E-state index in [4.69, 9.17) is 34.8 Å². The van der Waals surface area contributed by atoms with Crippen molar-refractivity contribution in [3.05, 3.63) is 85.1 Å². The van der Waals surface area contributed by atoms with Crippen molar-refractivity contribution in [2.75, 3.05) is 10.2 Å². The van der Waals surface area contributed by atoms with E-state index in [0.717, 1.165) is 10.5 Å². The Hall–Kier alpha value is -2.31. The molecule has 2 amide bonds. The number of anilines is 2. The Bertz CT molecular complexity index is 1170. The largest absolute Gasteiger partial charge is 0.350 e. The highest BCUT2D eigenvalue weighted by molar-refractivity contribution is 7.11. The van der Waals surface area contributed by atoms with Crippen LogP contribution >= 0.6 is 46.1 Å². The Kier molecular flexibility index (Phi) is 5.40. The lowest BCUT2D eigenvalue weighted by Gasteiger charge is -2.16. The van der Waals surface area contributed by atoms with Crippen molar-refractivity contribution in [2.45, 2.75) is 6.92 Å². The van der Waals surface area contributed by atoms with Crippen molar-refractivity contribution in [3.63, 3.8) is 0 Å².